The Balaban J connectivity index is 1.69. The summed E-state index contributed by atoms with van der Waals surface area (Å²) in [5, 5.41) is 0.666. The zero-order valence-electron chi connectivity index (χ0n) is 18.8. The minimum absolute atomic E-state index is 0.0342. The van der Waals surface area contributed by atoms with Crippen LogP contribution in [0, 0.1) is 6.92 Å². The molecule has 6 nitrogen and oxygen atoms in total. The number of hydrogen-bond acceptors (Lipinski definition) is 5. The Morgan fingerprint density at radius 2 is 2.06 bits per heavy atom. The third-order valence-corrected chi connectivity index (χ3v) is 9.60. The number of anilines is 1. The quantitative estimate of drug-likeness (QED) is 0.569. The number of aromatic nitrogens is 1. The summed E-state index contributed by atoms with van der Waals surface area (Å²) in [6, 6.07) is 4.85. The first-order chi connectivity index (χ1) is 15.3. The van der Waals surface area contributed by atoms with E-state index in [1.807, 2.05) is 13.8 Å². The zero-order valence-corrected chi connectivity index (χ0v) is 20.5. The van der Waals surface area contributed by atoms with E-state index < -0.39 is 10.0 Å². The van der Waals surface area contributed by atoms with Crippen LogP contribution in [0.3, 0.4) is 0 Å². The lowest BCUT2D eigenvalue weighted by Crippen LogP contribution is -2.42. The molecule has 1 aliphatic heterocycles. The van der Waals surface area contributed by atoms with Gasteiger partial charge < -0.3 is 0 Å². The highest BCUT2D eigenvalue weighted by Crippen LogP contribution is 2.33. The number of thiazole rings is 1. The number of benzene rings is 1. The van der Waals surface area contributed by atoms with E-state index >= 15 is 0 Å². The van der Waals surface area contributed by atoms with Gasteiger partial charge in [0.05, 0.1) is 10.6 Å². The third kappa shape index (κ3) is 4.40. The second-order valence-corrected chi connectivity index (χ2v) is 11.7. The first-order valence-corrected chi connectivity index (χ1v) is 13.6. The van der Waals surface area contributed by atoms with Crippen molar-refractivity contribution in [3.05, 3.63) is 52.6 Å². The first-order valence-electron chi connectivity index (χ1n) is 11.4. The normalized spacial score (nSPS) is 19.4. The van der Waals surface area contributed by atoms with Crippen molar-refractivity contribution < 1.29 is 13.2 Å². The van der Waals surface area contributed by atoms with E-state index in [1.54, 1.807) is 38.8 Å². The van der Waals surface area contributed by atoms with Crippen LogP contribution in [0.2, 0.25) is 0 Å². The van der Waals surface area contributed by atoms with E-state index in [4.69, 9.17) is 4.98 Å². The van der Waals surface area contributed by atoms with Gasteiger partial charge in [0.25, 0.3) is 5.91 Å². The number of sulfonamides is 1. The summed E-state index contributed by atoms with van der Waals surface area (Å²) in [5.41, 5.74) is 2.23. The molecule has 2 heterocycles. The molecule has 1 fully saturated rings. The van der Waals surface area contributed by atoms with Gasteiger partial charge in [-0.05, 0) is 70.1 Å². The van der Waals surface area contributed by atoms with Crippen LogP contribution in [0.5, 0.6) is 0 Å². The van der Waals surface area contributed by atoms with Gasteiger partial charge in [0.1, 0.15) is 0 Å². The number of carbonyl (C=O) groups excluding carboxylic acids is 1. The molecule has 2 aromatic rings. The van der Waals surface area contributed by atoms with Crippen LogP contribution in [0.25, 0.3) is 0 Å². The lowest BCUT2D eigenvalue weighted by molar-refractivity contribution is 0.0989. The third-order valence-electron chi connectivity index (χ3n) is 6.41. The molecule has 1 aromatic heterocycles. The number of amides is 1. The Hall–Kier alpha value is -2.03. The van der Waals surface area contributed by atoms with E-state index in [0.717, 1.165) is 56.2 Å². The van der Waals surface area contributed by atoms with E-state index in [1.165, 1.54) is 10.9 Å². The molecule has 1 aromatic carbocycles. The fourth-order valence-corrected chi connectivity index (χ4v) is 7.41. The van der Waals surface area contributed by atoms with Gasteiger partial charge in [0.2, 0.25) is 10.0 Å². The Bertz CT molecular complexity index is 1100. The van der Waals surface area contributed by atoms with Crippen LogP contribution < -0.4 is 4.90 Å². The molecule has 1 amide bonds. The molecule has 0 saturated carbocycles. The molecule has 0 radical (unpaired) electrons. The number of hydrogen-bond donors (Lipinski definition) is 0. The first kappa shape index (κ1) is 23.1. The summed E-state index contributed by atoms with van der Waals surface area (Å²) >= 11 is 1.56. The Morgan fingerprint density at radius 1 is 1.28 bits per heavy atom. The second kappa shape index (κ2) is 9.45. The molecule has 1 aliphatic carbocycles. The van der Waals surface area contributed by atoms with Gasteiger partial charge in [-0.15, -0.1) is 17.9 Å². The maximum absolute atomic E-state index is 13.6. The molecule has 0 bridgehead atoms. The van der Waals surface area contributed by atoms with Crippen molar-refractivity contribution in [2.24, 2.45) is 0 Å². The fraction of sp³-hybridized carbons (Fsp3) is 0.500. The molecule has 4 rings (SSSR count). The standard InChI is InChI=1S/C24H31N3O3S2/c1-4-14-26(24-25-21-10-5-6-11-22(21)31-24)23(28)20-16-19(13-12-17(20)2)32(29,30)27-15-8-7-9-18(27)3/h4,12-13,16,18H,1,5-11,14-15H2,2-3H3/t18-/m0/s1. The Kier molecular flexibility index (Phi) is 6.83. The highest BCUT2D eigenvalue weighted by molar-refractivity contribution is 7.89. The average molecular weight is 474 g/mol. The Morgan fingerprint density at radius 3 is 2.78 bits per heavy atom. The van der Waals surface area contributed by atoms with Crippen molar-refractivity contribution in [2.75, 3.05) is 18.0 Å². The van der Waals surface area contributed by atoms with Crippen molar-refractivity contribution in [1.29, 1.82) is 0 Å². The van der Waals surface area contributed by atoms with Crippen LogP contribution >= 0.6 is 11.3 Å². The van der Waals surface area contributed by atoms with E-state index in [2.05, 4.69) is 6.58 Å². The van der Waals surface area contributed by atoms with Crippen molar-refractivity contribution in [1.82, 2.24) is 9.29 Å². The van der Waals surface area contributed by atoms with Crippen LogP contribution in [0.15, 0.2) is 35.7 Å². The number of aryl methyl sites for hydroxylation is 3. The molecule has 2 aliphatic rings. The number of rotatable bonds is 6. The number of fused-ring (bicyclic) bond motifs is 1. The molecule has 0 N–H and O–H groups in total. The van der Waals surface area contributed by atoms with Crippen LogP contribution in [0.1, 0.15) is 65.5 Å². The summed E-state index contributed by atoms with van der Waals surface area (Å²) in [5.74, 6) is -0.239. The SMILES string of the molecule is C=CCN(C(=O)c1cc(S(=O)(=O)N2CCCC[C@@H]2C)ccc1C)c1nc2c(s1)CCCC2. The minimum Gasteiger partial charge on any atom is -0.280 e. The Labute approximate surface area is 195 Å². The maximum Gasteiger partial charge on any atom is 0.260 e. The lowest BCUT2D eigenvalue weighted by atomic mass is 10.0. The van der Waals surface area contributed by atoms with Crippen molar-refractivity contribution in [3.63, 3.8) is 0 Å². The fourth-order valence-electron chi connectivity index (χ4n) is 4.53. The van der Waals surface area contributed by atoms with Gasteiger partial charge in [-0.1, -0.05) is 18.6 Å². The van der Waals surface area contributed by atoms with Crippen LogP contribution in [-0.4, -0.2) is 42.7 Å². The van der Waals surface area contributed by atoms with Crippen molar-refractivity contribution in [3.8, 4) is 0 Å². The van der Waals surface area contributed by atoms with E-state index in [9.17, 15) is 13.2 Å². The van der Waals surface area contributed by atoms with Gasteiger partial charge in [0, 0.05) is 29.6 Å². The smallest absolute Gasteiger partial charge is 0.260 e. The molecule has 32 heavy (non-hydrogen) atoms. The molecule has 1 saturated heterocycles. The molecule has 8 heteroatoms. The van der Waals surface area contributed by atoms with Gasteiger partial charge in [-0.25, -0.2) is 13.4 Å². The molecule has 1 atom stereocenters. The van der Waals surface area contributed by atoms with Gasteiger partial charge >= 0.3 is 0 Å². The van der Waals surface area contributed by atoms with Crippen LogP contribution in [-0.2, 0) is 22.9 Å². The average Bonchev–Trinajstić information content (AvgIpc) is 3.21. The molecule has 0 unspecified atom stereocenters. The van der Waals surface area contributed by atoms with Crippen molar-refractivity contribution in [2.45, 2.75) is 69.7 Å². The van der Waals surface area contributed by atoms with Crippen LogP contribution in [0.4, 0.5) is 5.13 Å². The number of carbonyl (C=O) groups is 1. The van der Waals surface area contributed by atoms with Gasteiger partial charge in [-0.2, -0.15) is 4.31 Å². The maximum atomic E-state index is 13.6. The topological polar surface area (TPSA) is 70.6 Å². The van der Waals surface area contributed by atoms with Crippen molar-refractivity contribution >= 4 is 32.4 Å². The predicted molar refractivity (Wildman–Crippen MR) is 129 cm³/mol. The number of piperidine rings is 1. The molecular weight excluding hydrogens is 442 g/mol. The summed E-state index contributed by atoms with van der Waals surface area (Å²) in [7, 11) is -3.66. The minimum atomic E-state index is -3.66. The molecular formula is C24H31N3O3S2. The summed E-state index contributed by atoms with van der Waals surface area (Å²) in [6.07, 6.45) is 8.68. The second-order valence-electron chi connectivity index (χ2n) is 8.72. The van der Waals surface area contributed by atoms with E-state index in [-0.39, 0.29) is 16.8 Å². The monoisotopic (exact) mass is 473 g/mol. The lowest BCUT2D eigenvalue weighted by Gasteiger charge is -2.32. The zero-order chi connectivity index (χ0) is 22.9. The predicted octanol–water partition coefficient (Wildman–Crippen LogP) is 4.73. The van der Waals surface area contributed by atoms with E-state index in [0.29, 0.717) is 23.8 Å². The largest absolute Gasteiger partial charge is 0.280 e. The highest BCUT2D eigenvalue weighted by atomic mass is 32.2. The summed E-state index contributed by atoms with van der Waals surface area (Å²) in [6.45, 7) is 8.45. The van der Waals surface area contributed by atoms with Gasteiger partial charge in [-0.3, -0.25) is 9.69 Å². The summed E-state index contributed by atoms with van der Waals surface area (Å²) < 4.78 is 28.3. The van der Waals surface area contributed by atoms with Gasteiger partial charge in [0.15, 0.2) is 5.13 Å². The number of nitrogens with zero attached hydrogens (tertiary/aromatic N) is 3. The highest BCUT2D eigenvalue weighted by Gasteiger charge is 2.32. The molecule has 172 valence electrons. The summed E-state index contributed by atoms with van der Waals surface area (Å²) in [4.78, 5) is 21.4. The molecule has 0 spiro atoms.